The molecular weight excluding hydrogens is 450 g/mol. The zero-order chi connectivity index (χ0) is 25.0. The monoisotopic (exact) mass is 477 g/mol. The predicted molar refractivity (Wildman–Crippen MR) is 140 cm³/mol. The molecular formula is C29H27N5O2. The molecule has 0 aliphatic heterocycles. The summed E-state index contributed by atoms with van der Waals surface area (Å²) in [5.74, 6) is -0.320. The summed E-state index contributed by atoms with van der Waals surface area (Å²) in [4.78, 5) is 34.4. The maximum atomic E-state index is 13.5. The number of pyridine rings is 1. The molecule has 36 heavy (non-hydrogen) atoms. The van der Waals surface area contributed by atoms with E-state index in [0.717, 1.165) is 40.4 Å². The summed E-state index contributed by atoms with van der Waals surface area (Å²) in [6.07, 6.45) is 5.28. The third-order valence-corrected chi connectivity index (χ3v) is 7.14. The number of aromatic nitrogens is 4. The summed E-state index contributed by atoms with van der Waals surface area (Å²) in [5.41, 5.74) is 5.17. The van der Waals surface area contributed by atoms with Crippen LogP contribution in [0.2, 0.25) is 0 Å². The number of rotatable bonds is 5. The van der Waals surface area contributed by atoms with Crippen molar-refractivity contribution in [3.63, 3.8) is 0 Å². The number of amides is 1. The van der Waals surface area contributed by atoms with E-state index in [4.69, 9.17) is 0 Å². The maximum Gasteiger partial charge on any atom is 0.274 e. The van der Waals surface area contributed by atoms with Crippen LogP contribution in [0, 0.1) is 6.92 Å². The second-order valence-corrected chi connectivity index (χ2v) is 9.97. The van der Waals surface area contributed by atoms with Crippen molar-refractivity contribution in [2.24, 2.45) is 0 Å². The molecule has 0 atom stereocenters. The normalized spacial score (nSPS) is 14.4. The Bertz CT molecular complexity index is 1690. The van der Waals surface area contributed by atoms with Gasteiger partial charge in [0, 0.05) is 22.7 Å². The Hall–Kier alpha value is -4.26. The number of aryl methyl sites for hydroxylation is 1. The van der Waals surface area contributed by atoms with E-state index in [1.807, 2.05) is 75.4 Å². The fraction of sp³-hybridized carbons (Fsp3) is 0.241. The quantitative estimate of drug-likeness (QED) is 0.369. The molecule has 0 spiro atoms. The number of hydrogen-bond donors (Lipinski definition) is 2. The van der Waals surface area contributed by atoms with Crippen LogP contribution in [0.3, 0.4) is 0 Å². The summed E-state index contributed by atoms with van der Waals surface area (Å²) >= 11 is 0. The molecule has 1 fully saturated rings. The van der Waals surface area contributed by atoms with Crippen LogP contribution < -0.4 is 10.9 Å². The number of nitrogens with one attached hydrogen (secondary N) is 2. The fourth-order valence-corrected chi connectivity index (χ4v) is 5.05. The molecule has 3 aromatic heterocycles. The average Bonchev–Trinajstić information content (AvgIpc) is 3.54. The van der Waals surface area contributed by atoms with Gasteiger partial charge >= 0.3 is 0 Å². The minimum Gasteiger partial charge on any atom is -0.341 e. The summed E-state index contributed by atoms with van der Waals surface area (Å²) in [6.45, 7) is 5.98. The zero-order valence-corrected chi connectivity index (χ0v) is 20.5. The Kier molecular flexibility index (Phi) is 5.03. The van der Waals surface area contributed by atoms with E-state index < -0.39 is 0 Å². The molecule has 1 aliphatic rings. The smallest absolute Gasteiger partial charge is 0.274 e. The predicted octanol–water partition coefficient (Wildman–Crippen LogP) is 5.09. The van der Waals surface area contributed by atoms with E-state index in [2.05, 4.69) is 20.4 Å². The van der Waals surface area contributed by atoms with Crippen molar-refractivity contribution in [1.29, 1.82) is 0 Å². The third-order valence-electron chi connectivity index (χ3n) is 7.14. The van der Waals surface area contributed by atoms with Crippen molar-refractivity contribution in [3.05, 3.63) is 99.7 Å². The standard InChI is InChI=1S/C29H27N5O2/c1-17(2)24-25(27(35)32-29(12-13-29)20-9-5-4-6-10-20)33-34-16-23(31-28(36)26(24)34)19-14-21-18(3)8-7-11-22(21)30-15-19/h4-11,14-17H,12-13H2,1-3H3,(H,31,36)(H,32,35). The Morgan fingerprint density at radius 1 is 1.11 bits per heavy atom. The third kappa shape index (κ3) is 3.59. The number of nitrogens with zero attached hydrogens (tertiary/aromatic N) is 3. The van der Waals surface area contributed by atoms with Gasteiger partial charge in [-0.25, -0.2) is 4.52 Å². The van der Waals surface area contributed by atoms with E-state index in [0.29, 0.717) is 22.5 Å². The van der Waals surface area contributed by atoms with Crippen LogP contribution in [0.5, 0.6) is 0 Å². The van der Waals surface area contributed by atoms with E-state index in [9.17, 15) is 9.59 Å². The van der Waals surface area contributed by atoms with Gasteiger partial charge in [0.2, 0.25) is 0 Å². The van der Waals surface area contributed by atoms with Gasteiger partial charge in [0.1, 0.15) is 5.52 Å². The highest BCUT2D eigenvalue weighted by molar-refractivity contribution is 5.97. The van der Waals surface area contributed by atoms with Crippen molar-refractivity contribution in [2.75, 3.05) is 0 Å². The molecule has 180 valence electrons. The fourth-order valence-electron chi connectivity index (χ4n) is 5.05. The van der Waals surface area contributed by atoms with Gasteiger partial charge in [-0.2, -0.15) is 5.10 Å². The molecule has 0 bridgehead atoms. The summed E-state index contributed by atoms with van der Waals surface area (Å²) in [7, 11) is 0. The number of aromatic amines is 1. The Labute approximate surface area is 208 Å². The first-order valence-corrected chi connectivity index (χ1v) is 12.3. The van der Waals surface area contributed by atoms with Crippen molar-refractivity contribution in [3.8, 4) is 11.3 Å². The molecule has 7 heteroatoms. The summed E-state index contributed by atoms with van der Waals surface area (Å²) in [6, 6.07) is 18.0. The molecule has 7 nitrogen and oxygen atoms in total. The van der Waals surface area contributed by atoms with Gasteiger partial charge in [0.05, 0.1) is 22.9 Å². The highest BCUT2D eigenvalue weighted by atomic mass is 16.2. The Balaban J connectivity index is 1.44. The van der Waals surface area contributed by atoms with Gasteiger partial charge in [-0.1, -0.05) is 56.3 Å². The van der Waals surface area contributed by atoms with Crippen molar-refractivity contribution >= 4 is 22.3 Å². The van der Waals surface area contributed by atoms with Crippen molar-refractivity contribution < 1.29 is 4.79 Å². The highest BCUT2D eigenvalue weighted by Crippen LogP contribution is 2.45. The van der Waals surface area contributed by atoms with E-state index in [1.165, 1.54) is 0 Å². The van der Waals surface area contributed by atoms with Gasteiger partial charge in [-0.05, 0) is 48.9 Å². The Morgan fingerprint density at radius 3 is 2.61 bits per heavy atom. The Morgan fingerprint density at radius 2 is 1.89 bits per heavy atom. The number of fused-ring (bicyclic) bond motifs is 2. The molecule has 0 unspecified atom stereocenters. The number of H-pyrrole nitrogens is 1. The van der Waals surface area contributed by atoms with Gasteiger partial charge in [0.25, 0.3) is 11.5 Å². The second-order valence-electron chi connectivity index (χ2n) is 9.97. The topological polar surface area (TPSA) is 92.2 Å². The van der Waals surface area contributed by atoms with Crippen LogP contribution in [0.4, 0.5) is 0 Å². The van der Waals surface area contributed by atoms with Crippen LogP contribution in [-0.2, 0) is 5.54 Å². The van der Waals surface area contributed by atoms with E-state index in [-0.39, 0.29) is 22.9 Å². The van der Waals surface area contributed by atoms with Gasteiger partial charge in [-0.3, -0.25) is 14.6 Å². The first kappa shape index (κ1) is 22.2. The lowest BCUT2D eigenvalue weighted by molar-refractivity contribution is 0.0924. The van der Waals surface area contributed by atoms with Crippen molar-refractivity contribution in [1.82, 2.24) is 24.9 Å². The first-order chi connectivity index (χ1) is 17.4. The van der Waals surface area contributed by atoms with Crippen LogP contribution in [0.1, 0.15) is 59.8 Å². The molecule has 6 rings (SSSR count). The molecule has 1 saturated carbocycles. The number of hydrogen-bond acceptors (Lipinski definition) is 4. The summed E-state index contributed by atoms with van der Waals surface area (Å²) in [5, 5.41) is 8.86. The molecule has 2 N–H and O–H groups in total. The maximum absolute atomic E-state index is 13.5. The SMILES string of the molecule is Cc1cccc2ncc(-c3cn4nc(C(=O)NC5(c6ccccc6)CC5)c(C(C)C)c4c(=O)[nH]3)cc12. The minimum absolute atomic E-state index is 0.0629. The molecule has 0 radical (unpaired) electrons. The lowest BCUT2D eigenvalue weighted by atomic mass is 10.00. The molecule has 1 amide bonds. The average molecular weight is 478 g/mol. The molecule has 3 heterocycles. The highest BCUT2D eigenvalue weighted by Gasteiger charge is 2.46. The molecule has 5 aromatic rings. The summed E-state index contributed by atoms with van der Waals surface area (Å²) < 4.78 is 1.54. The zero-order valence-electron chi connectivity index (χ0n) is 20.5. The largest absolute Gasteiger partial charge is 0.341 e. The lowest BCUT2D eigenvalue weighted by Gasteiger charge is -2.18. The lowest BCUT2D eigenvalue weighted by Crippen LogP contribution is -2.35. The van der Waals surface area contributed by atoms with Crippen LogP contribution in [0.25, 0.3) is 27.7 Å². The number of benzene rings is 2. The first-order valence-electron chi connectivity index (χ1n) is 12.3. The minimum atomic E-state index is -0.366. The van der Waals surface area contributed by atoms with Crippen LogP contribution in [-0.4, -0.2) is 25.5 Å². The van der Waals surface area contributed by atoms with Gasteiger partial charge < -0.3 is 10.3 Å². The molecule has 0 saturated heterocycles. The van der Waals surface area contributed by atoms with E-state index >= 15 is 0 Å². The number of carbonyl (C=O) groups excluding carboxylic acids is 1. The molecule has 2 aromatic carbocycles. The van der Waals surface area contributed by atoms with Crippen molar-refractivity contribution in [2.45, 2.75) is 45.1 Å². The number of carbonyl (C=O) groups is 1. The second kappa shape index (κ2) is 8.16. The van der Waals surface area contributed by atoms with Crippen LogP contribution in [0.15, 0.2) is 71.8 Å². The van der Waals surface area contributed by atoms with Crippen LogP contribution >= 0.6 is 0 Å². The van der Waals surface area contributed by atoms with Gasteiger partial charge in [-0.15, -0.1) is 0 Å². The van der Waals surface area contributed by atoms with Gasteiger partial charge in [0.15, 0.2) is 5.69 Å². The van der Waals surface area contributed by atoms with E-state index in [1.54, 1.807) is 16.9 Å². The molecule has 1 aliphatic carbocycles.